The van der Waals surface area contributed by atoms with Gasteiger partial charge in [-0.1, -0.05) is 0 Å². The van der Waals surface area contributed by atoms with Gasteiger partial charge in [-0.15, -0.1) is 0 Å². The van der Waals surface area contributed by atoms with E-state index in [-0.39, 0.29) is 11.6 Å². The summed E-state index contributed by atoms with van der Waals surface area (Å²) in [5.74, 6) is 0.315. The molecule has 0 unspecified atom stereocenters. The van der Waals surface area contributed by atoms with Crippen molar-refractivity contribution >= 4 is 5.78 Å². The van der Waals surface area contributed by atoms with E-state index in [0.29, 0.717) is 12.2 Å². The van der Waals surface area contributed by atoms with Gasteiger partial charge in [0, 0.05) is 29.9 Å². The molecule has 3 nitrogen and oxygen atoms in total. The summed E-state index contributed by atoms with van der Waals surface area (Å²) in [6.07, 6.45) is 4.18. The topological polar surface area (TPSA) is 31.2 Å². The zero-order valence-corrected chi connectivity index (χ0v) is 10.6. The number of fused-ring (bicyclic) bond motifs is 1. The lowest BCUT2D eigenvalue weighted by Crippen LogP contribution is -2.12. The van der Waals surface area contributed by atoms with Gasteiger partial charge in [0.25, 0.3) is 0 Å². The van der Waals surface area contributed by atoms with Gasteiger partial charge in [0.15, 0.2) is 5.78 Å². The molecule has 1 aliphatic carbocycles. The Hall–Kier alpha value is -2.10. The van der Waals surface area contributed by atoms with Crippen molar-refractivity contribution in [3.05, 3.63) is 47.5 Å². The second-order valence-electron chi connectivity index (χ2n) is 4.64. The van der Waals surface area contributed by atoms with Gasteiger partial charge in [-0.2, -0.15) is 0 Å². The maximum atomic E-state index is 13.2. The molecular formula is C15H14FNO2. The van der Waals surface area contributed by atoms with Crippen LogP contribution < -0.4 is 4.74 Å². The number of rotatable bonds is 2. The zero-order chi connectivity index (χ0) is 13.4. The third-order valence-corrected chi connectivity index (χ3v) is 3.51. The van der Waals surface area contributed by atoms with Crippen LogP contribution in [0.3, 0.4) is 0 Å². The summed E-state index contributed by atoms with van der Waals surface area (Å²) in [6.45, 7) is 0. The van der Waals surface area contributed by atoms with Crippen molar-refractivity contribution in [2.45, 2.75) is 19.3 Å². The van der Waals surface area contributed by atoms with E-state index in [1.807, 2.05) is 16.8 Å². The molecule has 0 atom stereocenters. The summed E-state index contributed by atoms with van der Waals surface area (Å²) in [5.41, 5.74) is 2.53. The third kappa shape index (κ3) is 1.93. The number of nitrogens with zero attached hydrogens (tertiary/aromatic N) is 1. The molecule has 4 heteroatoms. The predicted octanol–water partition coefficient (Wildman–Crippen LogP) is 3.14. The maximum absolute atomic E-state index is 13.2. The number of carbonyl (C=O) groups excluding carboxylic acids is 1. The van der Waals surface area contributed by atoms with Crippen molar-refractivity contribution in [2.24, 2.45) is 0 Å². The Morgan fingerprint density at radius 2 is 2.11 bits per heavy atom. The number of ether oxygens (including phenoxy) is 1. The summed E-state index contributed by atoms with van der Waals surface area (Å²) in [6, 6.07) is 6.26. The Balaban J connectivity index is 2.15. The van der Waals surface area contributed by atoms with E-state index in [1.165, 1.54) is 19.2 Å². The SMILES string of the molecule is COc1cc(F)ccc1-n1ccc2c1CCCC2=O. The molecule has 0 radical (unpaired) electrons. The Morgan fingerprint density at radius 1 is 1.26 bits per heavy atom. The van der Waals surface area contributed by atoms with E-state index in [4.69, 9.17) is 4.74 Å². The zero-order valence-electron chi connectivity index (χ0n) is 10.6. The number of ketones is 1. The van der Waals surface area contributed by atoms with Crippen molar-refractivity contribution in [2.75, 3.05) is 7.11 Å². The Kier molecular flexibility index (Phi) is 2.85. The third-order valence-electron chi connectivity index (χ3n) is 3.51. The molecule has 3 rings (SSSR count). The minimum absolute atomic E-state index is 0.182. The first-order chi connectivity index (χ1) is 9.20. The molecule has 0 bridgehead atoms. The van der Waals surface area contributed by atoms with E-state index in [9.17, 15) is 9.18 Å². The fourth-order valence-corrected chi connectivity index (χ4v) is 2.60. The van der Waals surface area contributed by atoms with Gasteiger partial charge in [0.05, 0.1) is 12.8 Å². The first-order valence-electron chi connectivity index (χ1n) is 6.28. The number of halogens is 1. The molecule has 0 saturated heterocycles. The second kappa shape index (κ2) is 4.53. The van der Waals surface area contributed by atoms with Crippen LogP contribution in [0.25, 0.3) is 5.69 Å². The quantitative estimate of drug-likeness (QED) is 0.829. The van der Waals surface area contributed by atoms with E-state index in [1.54, 1.807) is 6.07 Å². The minimum atomic E-state index is -0.335. The van der Waals surface area contributed by atoms with Crippen LogP contribution in [-0.2, 0) is 6.42 Å². The van der Waals surface area contributed by atoms with Crippen molar-refractivity contribution in [1.29, 1.82) is 0 Å². The van der Waals surface area contributed by atoms with Gasteiger partial charge in [-0.05, 0) is 31.0 Å². The van der Waals surface area contributed by atoms with Gasteiger partial charge in [-0.25, -0.2) is 4.39 Å². The highest BCUT2D eigenvalue weighted by Crippen LogP contribution is 2.30. The molecule has 1 aromatic heterocycles. The van der Waals surface area contributed by atoms with Crippen molar-refractivity contribution in [1.82, 2.24) is 4.57 Å². The Morgan fingerprint density at radius 3 is 2.89 bits per heavy atom. The van der Waals surface area contributed by atoms with Crippen molar-refractivity contribution < 1.29 is 13.9 Å². The molecule has 0 spiro atoms. The molecule has 0 saturated carbocycles. The van der Waals surface area contributed by atoms with Crippen molar-refractivity contribution in [3.63, 3.8) is 0 Å². The number of Topliss-reactive ketones (excluding diaryl/α,β-unsaturated/α-hetero) is 1. The first-order valence-corrected chi connectivity index (χ1v) is 6.28. The number of hydrogen-bond acceptors (Lipinski definition) is 2. The molecule has 0 fully saturated rings. The number of benzene rings is 1. The largest absolute Gasteiger partial charge is 0.494 e. The van der Waals surface area contributed by atoms with Crippen molar-refractivity contribution in [3.8, 4) is 11.4 Å². The molecule has 0 aliphatic heterocycles. The fourth-order valence-electron chi connectivity index (χ4n) is 2.60. The van der Waals surface area contributed by atoms with Crippen LogP contribution >= 0.6 is 0 Å². The lowest BCUT2D eigenvalue weighted by molar-refractivity contribution is 0.0972. The number of methoxy groups -OCH3 is 1. The van der Waals surface area contributed by atoms with Crippen LogP contribution in [-0.4, -0.2) is 17.5 Å². The lowest BCUT2D eigenvalue weighted by Gasteiger charge is -2.17. The molecule has 1 heterocycles. The highest BCUT2D eigenvalue weighted by atomic mass is 19.1. The number of aromatic nitrogens is 1. The molecule has 1 aliphatic rings. The highest BCUT2D eigenvalue weighted by molar-refractivity contribution is 5.98. The van der Waals surface area contributed by atoms with Gasteiger partial charge in [0.2, 0.25) is 0 Å². The molecule has 0 amide bonds. The van der Waals surface area contributed by atoms with Gasteiger partial charge in [0.1, 0.15) is 11.6 Å². The Bertz CT molecular complexity index is 646. The smallest absolute Gasteiger partial charge is 0.164 e. The molecule has 0 N–H and O–H groups in total. The average Bonchev–Trinajstić information content (AvgIpc) is 2.84. The summed E-state index contributed by atoms with van der Waals surface area (Å²) in [4.78, 5) is 11.8. The average molecular weight is 259 g/mol. The van der Waals surface area contributed by atoms with Crippen LogP contribution in [0.2, 0.25) is 0 Å². The summed E-state index contributed by atoms with van der Waals surface area (Å²) in [5, 5.41) is 0. The molecular weight excluding hydrogens is 245 g/mol. The normalized spacial score (nSPS) is 14.3. The minimum Gasteiger partial charge on any atom is -0.494 e. The molecule has 2 aromatic rings. The molecule has 1 aromatic carbocycles. The summed E-state index contributed by atoms with van der Waals surface area (Å²) >= 11 is 0. The first kappa shape index (κ1) is 12.0. The predicted molar refractivity (Wildman–Crippen MR) is 69.5 cm³/mol. The fraction of sp³-hybridized carbons (Fsp3) is 0.267. The van der Waals surface area contributed by atoms with E-state index in [0.717, 1.165) is 29.8 Å². The molecule has 19 heavy (non-hydrogen) atoms. The molecule has 98 valence electrons. The van der Waals surface area contributed by atoms with E-state index in [2.05, 4.69) is 0 Å². The standard InChI is InChI=1S/C15H14FNO2/c1-19-15-9-10(16)5-6-13(15)17-8-7-11-12(17)3-2-4-14(11)18/h5-9H,2-4H2,1H3. The van der Waals surface area contributed by atoms with Crippen LogP contribution in [0.1, 0.15) is 28.9 Å². The monoisotopic (exact) mass is 259 g/mol. The van der Waals surface area contributed by atoms with Crippen LogP contribution in [0.15, 0.2) is 30.5 Å². The lowest BCUT2D eigenvalue weighted by atomic mass is 9.97. The van der Waals surface area contributed by atoms with E-state index >= 15 is 0 Å². The van der Waals surface area contributed by atoms with Gasteiger partial charge in [-0.3, -0.25) is 4.79 Å². The van der Waals surface area contributed by atoms with Gasteiger partial charge < -0.3 is 9.30 Å². The summed E-state index contributed by atoms with van der Waals surface area (Å²) in [7, 11) is 1.51. The summed E-state index contributed by atoms with van der Waals surface area (Å²) < 4.78 is 20.4. The van der Waals surface area contributed by atoms with E-state index < -0.39 is 0 Å². The van der Waals surface area contributed by atoms with Crippen LogP contribution in [0.5, 0.6) is 5.75 Å². The van der Waals surface area contributed by atoms with Crippen LogP contribution in [0.4, 0.5) is 4.39 Å². The van der Waals surface area contributed by atoms with Crippen LogP contribution in [0, 0.1) is 5.82 Å². The van der Waals surface area contributed by atoms with Gasteiger partial charge >= 0.3 is 0 Å². The second-order valence-corrected chi connectivity index (χ2v) is 4.64. The number of carbonyl (C=O) groups is 1. The maximum Gasteiger partial charge on any atom is 0.164 e. The highest BCUT2D eigenvalue weighted by Gasteiger charge is 2.22. The Labute approximate surface area is 110 Å². The number of hydrogen-bond donors (Lipinski definition) is 0.